The summed E-state index contributed by atoms with van der Waals surface area (Å²) in [5, 5.41) is 11.5. The second kappa shape index (κ2) is 18.0. The number of hydrogen-bond acceptors (Lipinski definition) is 13. The molecule has 19 heteroatoms. The molecule has 20 atom stereocenters. The summed E-state index contributed by atoms with van der Waals surface area (Å²) in [7, 11) is -14.7. The van der Waals surface area contributed by atoms with Crippen molar-refractivity contribution in [2.24, 2.45) is 74.9 Å². The first kappa shape index (κ1) is 55.3. The predicted molar refractivity (Wildman–Crippen MR) is 277 cm³/mol. The standard InChI is InChI=1S/C56H84O16S3/c1-30(37-14-16-40-35-12-13-39-32(3)49(71-75(64,65)66)46(70-74(61,62)63)28-53(39,9)42(35)19-21-51(37,40)7)11-18-47-54(10)27-34(50(5,6)72-54)25-44(68-47)31(2)38-15-17-41-36-26-45(69-73(58,59)60)48-33(4)56(57)24-23-55(48,29-67-56)43(36)20-22-52(38,41)8/h13,16,30-34,37-38,41,44-49,57H,11-12,14-15,17-29H2,1-10H3,(H,58,59,60)(H,61,62,63)(H,64,65,66)/t30-,31+,32-,33+,34+,37-,38-,41+,44+,45+,46+,47-,48-,49-,51-,52-,53+,54+,55+,56+/m1/s1. The fourth-order valence-electron chi connectivity index (χ4n) is 20.1. The highest BCUT2D eigenvalue weighted by molar-refractivity contribution is 7.81. The SMILES string of the molecule is C[C@H]([C@@H]1C[C@H]2C[C@](C)(OC2(C)C)[C@@H](CC[C@@H](C)[C@H]2CC=C3C4=C(CC[C@@]32C)[C@@]2(C)C[C@H](OS(=O)(=O)O)[C@H](OS(=O)(=O)O)[C@H](C)C2=CC4)O1)[C@H]1CC[C@H]2C3=C(CC[C@]12C)[C@]12CC[C@](O)(OC1)[C@@H](C)[C@@H]2[C@@H](OS(=O)(=O)O)C3. The molecule has 16 nitrogen and oxygen atoms in total. The van der Waals surface area contributed by atoms with Crippen molar-refractivity contribution in [3.8, 4) is 0 Å². The van der Waals surface area contributed by atoms with Gasteiger partial charge in [0, 0.05) is 35.0 Å². The summed E-state index contributed by atoms with van der Waals surface area (Å²) >= 11 is 0. The van der Waals surface area contributed by atoms with E-state index >= 15 is 0 Å². The van der Waals surface area contributed by atoms with Crippen LogP contribution in [0, 0.1) is 74.9 Å². The van der Waals surface area contributed by atoms with Crippen LogP contribution in [0.25, 0.3) is 0 Å². The lowest BCUT2D eigenvalue weighted by atomic mass is 9.46. The molecule has 0 radical (unpaired) electrons. The highest BCUT2D eigenvalue weighted by Crippen LogP contribution is 2.71. The van der Waals surface area contributed by atoms with Crippen LogP contribution in [0.4, 0.5) is 0 Å². The van der Waals surface area contributed by atoms with E-state index in [0.29, 0.717) is 56.0 Å². The Balaban J connectivity index is 0.810. The van der Waals surface area contributed by atoms with Gasteiger partial charge in [0.05, 0.1) is 36.1 Å². The van der Waals surface area contributed by atoms with E-state index in [1.807, 2.05) is 13.8 Å². The third kappa shape index (κ3) is 8.85. The van der Waals surface area contributed by atoms with Crippen LogP contribution in [0.1, 0.15) is 172 Å². The Labute approximate surface area is 446 Å². The molecule has 3 saturated carbocycles. The van der Waals surface area contributed by atoms with Crippen LogP contribution in [0.2, 0.25) is 0 Å². The first-order valence-corrected chi connectivity index (χ1v) is 32.3. The number of allylic oxidation sites excluding steroid dienone is 5. The fourth-order valence-corrected chi connectivity index (χ4v) is 21.6. The molecule has 7 fully saturated rings. The van der Waals surface area contributed by atoms with Crippen LogP contribution in [0.15, 0.2) is 45.6 Å². The molecule has 4 N–H and O–H groups in total. The molecule has 4 aliphatic heterocycles. The summed E-state index contributed by atoms with van der Waals surface area (Å²) in [6.07, 6.45) is 13.5. The first-order chi connectivity index (χ1) is 34.7. The summed E-state index contributed by atoms with van der Waals surface area (Å²) in [6, 6.07) is 0. The zero-order chi connectivity index (χ0) is 54.2. The minimum Gasteiger partial charge on any atom is -0.372 e. The van der Waals surface area contributed by atoms with Gasteiger partial charge in [-0.3, -0.25) is 13.7 Å². The van der Waals surface area contributed by atoms with Gasteiger partial charge in [-0.25, -0.2) is 12.5 Å². The number of hydrogen-bond donors (Lipinski definition) is 4. The lowest BCUT2D eigenvalue weighted by Gasteiger charge is -2.65. The molecule has 0 aromatic rings. The van der Waals surface area contributed by atoms with Crippen molar-refractivity contribution in [2.75, 3.05) is 6.61 Å². The van der Waals surface area contributed by atoms with Crippen LogP contribution < -0.4 is 0 Å². The molecule has 0 amide bonds. The molecule has 75 heavy (non-hydrogen) atoms. The van der Waals surface area contributed by atoms with Crippen LogP contribution in [-0.2, 0) is 58.0 Å². The van der Waals surface area contributed by atoms with Gasteiger partial charge in [0.25, 0.3) is 0 Å². The van der Waals surface area contributed by atoms with Gasteiger partial charge in [0.15, 0.2) is 5.79 Å². The van der Waals surface area contributed by atoms with E-state index in [0.717, 1.165) is 76.2 Å². The van der Waals surface area contributed by atoms with Crippen molar-refractivity contribution in [2.45, 2.75) is 219 Å². The molecule has 0 aromatic carbocycles. The summed E-state index contributed by atoms with van der Waals surface area (Å²) in [5.74, 6) is -0.699. The quantitative estimate of drug-likeness (QED) is 0.105. The minimum absolute atomic E-state index is 0.0243. The van der Waals surface area contributed by atoms with Gasteiger partial charge in [0.1, 0.15) is 12.2 Å². The largest absolute Gasteiger partial charge is 0.397 e. The Bertz CT molecular complexity index is 2830. The Morgan fingerprint density at radius 1 is 0.800 bits per heavy atom. The highest BCUT2D eigenvalue weighted by atomic mass is 32.3. The van der Waals surface area contributed by atoms with Crippen molar-refractivity contribution < 1.29 is 70.8 Å². The maximum atomic E-state index is 12.5. The number of aliphatic hydroxyl groups is 1. The Morgan fingerprint density at radius 2 is 1.48 bits per heavy atom. The van der Waals surface area contributed by atoms with E-state index < -0.39 is 77.6 Å². The molecular formula is C56H84O16S3. The highest BCUT2D eigenvalue weighted by Gasteiger charge is 2.68. The molecule has 4 bridgehead atoms. The van der Waals surface area contributed by atoms with Crippen molar-refractivity contribution in [1.29, 1.82) is 0 Å². The van der Waals surface area contributed by atoms with Crippen molar-refractivity contribution >= 4 is 31.2 Å². The van der Waals surface area contributed by atoms with E-state index in [1.54, 1.807) is 6.92 Å². The lowest BCUT2D eigenvalue weighted by Crippen LogP contribution is -2.67. The van der Waals surface area contributed by atoms with Crippen LogP contribution >= 0.6 is 0 Å². The van der Waals surface area contributed by atoms with Crippen LogP contribution in [-0.4, -0.2) is 98.1 Å². The van der Waals surface area contributed by atoms with Crippen LogP contribution in [0.5, 0.6) is 0 Å². The monoisotopic (exact) mass is 1110 g/mol. The molecule has 0 aromatic heterocycles. The van der Waals surface area contributed by atoms with Gasteiger partial charge in [-0.1, -0.05) is 82.9 Å². The fraction of sp³-hybridized carbons (Fsp3) is 0.857. The van der Waals surface area contributed by atoms with Gasteiger partial charge in [-0.2, -0.15) is 25.3 Å². The van der Waals surface area contributed by atoms with E-state index in [4.69, 9.17) is 26.8 Å². The average molecular weight is 1110 g/mol. The number of ether oxygens (including phenoxy) is 3. The molecule has 12 rings (SSSR count). The molecule has 4 saturated heterocycles. The van der Waals surface area contributed by atoms with Gasteiger partial charge in [0.2, 0.25) is 0 Å². The van der Waals surface area contributed by atoms with Gasteiger partial charge < -0.3 is 19.3 Å². The Morgan fingerprint density at radius 3 is 2.15 bits per heavy atom. The summed E-state index contributed by atoms with van der Waals surface area (Å²) in [4.78, 5) is 0. The molecule has 1 spiro atoms. The Kier molecular flexibility index (Phi) is 13.2. The molecule has 4 heterocycles. The van der Waals surface area contributed by atoms with Crippen molar-refractivity contribution in [3.63, 3.8) is 0 Å². The molecule has 12 aliphatic rings. The Hall–Kier alpha value is -1.59. The third-order valence-electron chi connectivity index (χ3n) is 23.5. The van der Waals surface area contributed by atoms with E-state index in [1.165, 1.54) is 27.9 Å². The topological polar surface area (TPSA) is 239 Å². The third-order valence-corrected chi connectivity index (χ3v) is 25.0. The summed E-state index contributed by atoms with van der Waals surface area (Å²) in [5.41, 5.74) is 5.33. The maximum Gasteiger partial charge on any atom is 0.397 e. The smallest absolute Gasteiger partial charge is 0.372 e. The number of fused-ring (bicyclic) bond motifs is 10. The second-order valence-electron chi connectivity index (χ2n) is 27.4. The van der Waals surface area contributed by atoms with E-state index in [2.05, 4.69) is 60.6 Å². The maximum absolute atomic E-state index is 12.5. The lowest BCUT2D eigenvalue weighted by molar-refractivity contribution is -0.341. The van der Waals surface area contributed by atoms with E-state index in [-0.39, 0.29) is 58.7 Å². The average Bonchev–Trinajstić information content (AvgIpc) is 3.87. The van der Waals surface area contributed by atoms with E-state index in [9.17, 15) is 44.0 Å². The zero-order valence-electron chi connectivity index (χ0n) is 45.7. The predicted octanol–water partition coefficient (Wildman–Crippen LogP) is 10.0. The second-order valence-corrected chi connectivity index (χ2v) is 30.6. The molecular weight excluding hydrogens is 1020 g/mol. The zero-order valence-corrected chi connectivity index (χ0v) is 48.1. The molecule has 8 aliphatic carbocycles. The van der Waals surface area contributed by atoms with Crippen molar-refractivity contribution in [1.82, 2.24) is 0 Å². The van der Waals surface area contributed by atoms with Crippen LogP contribution in [0.3, 0.4) is 0 Å². The summed E-state index contributed by atoms with van der Waals surface area (Å²) < 4.78 is 139. The van der Waals surface area contributed by atoms with Crippen molar-refractivity contribution in [3.05, 3.63) is 45.6 Å². The first-order valence-electron chi connectivity index (χ1n) is 28.2. The number of rotatable bonds is 12. The summed E-state index contributed by atoms with van der Waals surface area (Å²) in [6.45, 7) is 22.5. The normalized spacial score (nSPS) is 47.9. The molecule has 0 unspecified atom stereocenters. The van der Waals surface area contributed by atoms with Gasteiger partial charge in [-0.15, -0.1) is 0 Å². The minimum atomic E-state index is -4.99. The van der Waals surface area contributed by atoms with Gasteiger partial charge in [-0.05, 0) is 175 Å². The van der Waals surface area contributed by atoms with Gasteiger partial charge >= 0.3 is 31.2 Å². The molecule has 422 valence electrons.